The average Bonchev–Trinajstić information content (AvgIpc) is 3.28. The van der Waals surface area contributed by atoms with Crippen LogP contribution in [0.3, 0.4) is 0 Å². The van der Waals surface area contributed by atoms with Crippen molar-refractivity contribution in [1.82, 2.24) is 10.1 Å². The first kappa shape index (κ1) is 20.8. The molecule has 0 spiro atoms. The van der Waals surface area contributed by atoms with Gasteiger partial charge in [0.25, 0.3) is 5.91 Å². The Morgan fingerprint density at radius 3 is 2.45 bits per heavy atom. The number of methoxy groups -OCH3 is 1. The van der Waals surface area contributed by atoms with E-state index >= 15 is 0 Å². The first-order valence-electron chi connectivity index (χ1n) is 10.4. The number of ether oxygens (including phenoxy) is 3. The molecule has 1 aliphatic rings. The van der Waals surface area contributed by atoms with Crippen LogP contribution in [0.4, 0.5) is 0 Å². The first-order valence-corrected chi connectivity index (χ1v) is 10.4. The van der Waals surface area contributed by atoms with Gasteiger partial charge in [0.1, 0.15) is 18.5 Å². The van der Waals surface area contributed by atoms with Crippen LogP contribution in [0.15, 0.2) is 59.1 Å². The SMILES string of the molecule is COc1ccccc1OCc1cc(C(=O)N2CCC(Oc3ccccc3C)CC2)no1. The van der Waals surface area contributed by atoms with E-state index in [1.807, 2.05) is 55.5 Å². The third kappa shape index (κ3) is 4.99. The molecule has 0 unspecified atom stereocenters. The van der Waals surface area contributed by atoms with Crippen LogP contribution < -0.4 is 14.2 Å². The molecule has 0 radical (unpaired) electrons. The van der Waals surface area contributed by atoms with Gasteiger partial charge in [0.05, 0.1) is 7.11 Å². The molecule has 7 nitrogen and oxygen atoms in total. The third-order valence-electron chi connectivity index (χ3n) is 5.33. The summed E-state index contributed by atoms with van der Waals surface area (Å²) in [6.45, 7) is 3.44. The molecule has 0 N–H and O–H groups in total. The van der Waals surface area contributed by atoms with Crippen molar-refractivity contribution in [3.63, 3.8) is 0 Å². The Balaban J connectivity index is 1.29. The number of hydrogen-bond donors (Lipinski definition) is 0. The second kappa shape index (κ2) is 9.55. The van der Waals surface area contributed by atoms with Crippen molar-refractivity contribution < 1.29 is 23.5 Å². The summed E-state index contributed by atoms with van der Waals surface area (Å²) in [4.78, 5) is 14.6. The van der Waals surface area contributed by atoms with Crippen LogP contribution in [-0.2, 0) is 6.61 Å². The molecule has 0 saturated carbocycles. The van der Waals surface area contributed by atoms with E-state index in [1.54, 1.807) is 18.1 Å². The lowest BCUT2D eigenvalue weighted by atomic mass is 10.1. The largest absolute Gasteiger partial charge is 0.493 e. The quantitative estimate of drug-likeness (QED) is 0.567. The summed E-state index contributed by atoms with van der Waals surface area (Å²) >= 11 is 0. The molecule has 0 bridgehead atoms. The summed E-state index contributed by atoms with van der Waals surface area (Å²) < 4.78 is 22.4. The molecule has 1 fully saturated rings. The Bertz CT molecular complexity index is 1020. The van der Waals surface area contributed by atoms with Crippen LogP contribution >= 0.6 is 0 Å². The van der Waals surface area contributed by atoms with E-state index in [1.165, 1.54) is 0 Å². The number of aryl methyl sites for hydroxylation is 1. The monoisotopic (exact) mass is 422 g/mol. The molecule has 4 rings (SSSR count). The van der Waals surface area contributed by atoms with Crippen LogP contribution in [0.25, 0.3) is 0 Å². The fourth-order valence-electron chi connectivity index (χ4n) is 3.58. The Morgan fingerprint density at radius 1 is 1.06 bits per heavy atom. The summed E-state index contributed by atoms with van der Waals surface area (Å²) in [6.07, 6.45) is 1.66. The van der Waals surface area contributed by atoms with Gasteiger partial charge < -0.3 is 23.6 Å². The molecule has 1 aromatic heterocycles. The minimum absolute atomic E-state index is 0.104. The number of rotatable bonds is 7. The molecule has 0 aliphatic carbocycles. The topological polar surface area (TPSA) is 74.0 Å². The molecule has 162 valence electrons. The van der Waals surface area contributed by atoms with Gasteiger partial charge in [-0.25, -0.2) is 0 Å². The lowest BCUT2D eigenvalue weighted by Crippen LogP contribution is -2.42. The molecule has 31 heavy (non-hydrogen) atoms. The van der Waals surface area contributed by atoms with Crippen molar-refractivity contribution >= 4 is 5.91 Å². The molecule has 2 aromatic carbocycles. The number of carbonyl (C=O) groups is 1. The van der Waals surface area contributed by atoms with E-state index in [2.05, 4.69) is 5.16 Å². The van der Waals surface area contributed by atoms with Crippen molar-refractivity contribution in [3.05, 3.63) is 71.6 Å². The zero-order valence-electron chi connectivity index (χ0n) is 17.7. The molecule has 1 amide bonds. The van der Waals surface area contributed by atoms with E-state index < -0.39 is 0 Å². The summed E-state index contributed by atoms with van der Waals surface area (Å²) in [7, 11) is 1.59. The minimum Gasteiger partial charge on any atom is -0.493 e. The summed E-state index contributed by atoms with van der Waals surface area (Å²) in [5.74, 6) is 2.48. The molecule has 3 aromatic rings. The van der Waals surface area contributed by atoms with Gasteiger partial charge in [-0.3, -0.25) is 4.79 Å². The molecular weight excluding hydrogens is 396 g/mol. The molecular formula is C24H26N2O5. The van der Waals surface area contributed by atoms with Crippen molar-refractivity contribution in [3.8, 4) is 17.2 Å². The Labute approximate surface area is 181 Å². The van der Waals surface area contributed by atoms with Gasteiger partial charge in [0.15, 0.2) is 23.0 Å². The maximum atomic E-state index is 12.8. The molecule has 2 heterocycles. The highest BCUT2D eigenvalue weighted by Crippen LogP contribution is 2.27. The van der Waals surface area contributed by atoms with E-state index in [-0.39, 0.29) is 24.3 Å². The number of amides is 1. The van der Waals surface area contributed by atoms with Gasteiger partial charge in [-0.1, -0.05) is 35.5 Å². The average molecular weight is 422 g/mol. The first-order chi connectivity index (χ1) is 15.1. The van der Waals surface area contributed by atoms with Crippen LogP contribution in [0.2, 0.25) is 0 Å². The normalized spacial score (nSPS) is 14.3. The van der Waals surface area contributed by atoms with Crippen molar-refractivity contribution in [2.45, 2.75) is 32.5 Å². The predicted molar refractivity (Wildman–Crippen MR) is 115 cm³/mol. The summed E-state index contributed by atoms with van der Waals surface area (Å²) in [5, 5.41) is 3.94. The number of piperidine rings is 1. The number of nitrogens with zero attached hydrogens (tertiary/aromatic N) is 2. The Kier molecular flexibility index (Phi) is 6.40. The summed E-state index contributed by atoms with van der Waals surface area (Å²) in [5.41, 5.74) is 1.41. The summed E-state index contributed by atoms with van der Waals surface area (Å²) in [6, 6.07) is 17.0. The number of para-hydroxylation sites is 3. The van der Waals surface area contributed by atoms with Gasteiger partial charge in [-0.2, -0.15) is 0 Å². The minimum atomic E-state index is -0.137. The zero-order chi connectivity index (χ0) is 21.6. The number of aromatic nitrogens is 1. The van der Waals surface area contributed by atoms with E-state index in [0.717, 1.165) is 24.2 Å². The van der Waals surface area contributed by atoms with Crippen molar-refractivity contribution in [1.29, 1.82) is 0 Å². The van der Waals surface area contributed by atoms with Crippen LogP contribution in [0.5, 0.6) is 17.2 Å². The fraction of sp³-hybridized carbons (Fsp3) is 0.333. The van der Waals surface area contributed by atoms with Crippen molar-refractivity contribution in [2.75, 3.05) is 20.2 Å². The van der Waals surface area contributed by atoms with Crippen molar-refractivity contribution in [2.24, 2.45) is 0 Å². The number of benzene rings is 2. The molecule has 0 atom stereocenters. The number of carbonyl (C=O) groups excluding carboxylic acids is 1. The number of hydrogen-bond acceptors (Lipinski definition) is 6. The van der Waals surface area contributed by atoms with Crippen LogP contribution in [-0.4, -0.2) is 42.3 Å². The maximum absolute atomic E-state index is 12.8. The highest BCUT2D eigenvalue weighted by molar-refractivity contribution is 5.92. The van der Waals surface area contributed by atoms with Gasteiger partial charge >= 0.3 is 0 Å². The zero-order valence-corrected chi connectivity index (χ0v) is 17.7. The lowest BCUT2D eigenvalue weighted by molar-refractivity contribution is 0.0585. The molecule has 1 aliphatic heterocycles. The Morgan fingerprint density at radius 2 is 1.74 bits per heavy atom. The Hall–Kier alpha value is -3.48. The van der Waals surface area contributed by atoms with E-state index in [9.17, 15) is 4.79 Å². The number of likely N-dealkylation sites (tertiary alicyclic amines) is 1. The predicted octanol–water partition coefficient (Wildman–Crippen LogP) is 4.25. The van der Waals surface area contributed by atoms with Crippen LogP contribution in [0, 0.1) is 6.92 Å². The smallest absolute Gasteiger partial charge is 0.276 e. The second-order valence-electron chi connectivity index (χ2n) is 7.49. The maximum Gasteiger partial charge on any atom is 0.276 e. The van der Waals surface area contributed by atoms with Gasteiger partial charge in [0, 0.05) is 32.0 Å². The molecule has 7 heteroatoms. The second-order valence-corrected chi connectivity index (χ2v) is 7.49. The van der Waals surface area contributed by atoms with Gasteiger partial charge in [0.2, 0.25) is 0 Å². The highest BCUT2D eigenvalue weighted by Gasteiger charge is 2.27. The highest BCUT2D eigenvalue weighted by atomic mass is 16.5. The fourth-order valence-corrected chi connectivity index (χ4v) is 3.58. The third-order valence-corrected chi connectivity index (χ3v) is 5.33. The standard InChI is InChI=1S/C24H26N2O5/c1-17-7-3-4-8-21(17)30-18-11-13-26(14-12-18)24(27)20-15-19(31-25-20)16-29-23-10-6-5-9-22(23)28-2/h3-10,15,18H,11-14,16H2,1-2H3. The van der Waals surface area contributed by atoms with Gasteiger partial charge in [-0.15, -0.1) is 0 Å². The lowest BCUT2D eigenvalue weighted by Gasteiger charge is -2.32. The van der Waals surface area contributed by atoms with Crippen LogP contribution in [0.1, 0.15) is 34.7 Å². The van der Waals surface area contributed by atoms with Gasteiger partial charge in [-0.05, 0) is 30.7 Å². The van der Waals surface area contributed by atoms with E-state index in [0.29, 0.717) is 30.3 Å². The molecule has 1 saturated heterocycles. The van der Waals surface area contributed by atoms with E-state index in [4.69, 9.17) is 18.7 Å².